The number of hydrogen-bond acceptors (Lipinski definition) is 9. The van der Waals surface area contributed by atoms with Gasteiger partial charge in [-0.3, -0.25) is 4.79 Å². The van der Waals surface area contributed by atoms with Crippen LogP contribution < -0.4 is 5.32 Å². The van der Waals surface area contributed by atoms with Crippen LogP contribution in [0, 0.1) is 39.9 Å². The number of ether oxygens (including phenoxy) is 2. The molecule has 0 spiro atoms. The number of esters is 2. The zero-order valence-electron chi connectivity index (χ0n) is 24.2. The number of hydrogen-bond donors (Lipinski definition) is 4. The summed E-state index contributed by atoms with van der Waals surface area (Å²) >= 11 is 6.15. The third kappa shape index (κ3) is 4.46. The van der Waals surface area contributed by atoms with Gasteiger partial charge in [-0.05, 0) is 66.5 Å². The first-order valence-electron chi connectivity index (χ1n) is 14.4. The van der Waals surface area contributed by atoms with E-state index in [1.54, 1.807) is 32.2 Å². The zero-order chi connectivity index (χ0) is 30.1. The number of Topliss-reactive ketones (excluding diaryl/α,β-unsaturated/α-hetero) is 1. The summed E-state index contributed by atoms with van der Waals surface area (Å²) in [7, 11) is 1.71. The van der Waals surface area contributed by atoms with Gasteiger partial charge in [0.2, 0.25) is 12.0 Å². The molecule has 0 saturated heterocycles. The van der Waals surface area contributed by atoms with E-state index in [0.717, 1.165) is 0 Å². The van der Waals surface area contributed by atoms with Crippen molar-refractivity contribution < 1.29 is 39.2 Å². The zero-order valence-corrected chi connectivity index (χ0v) is 25.0. The van der Waals surface area contributed by atoms with Crippen LogP contribution in [0.2, 0.25) is 5.02 Å². The molecular formula is C31H40ClNO8. The first-order chi connectivity index (χ1) is 19.2. The topological polar surface area (TPSA) is 142 Å². The number of aliphatic hydroxyl groups excluding tert-OH is 3. The summed E-state index contributed by atoms with van der Waals surface area (Å²) < 4.78 is 10.8. The molecule has 1 heterocycles. The number of cyclic esters (lactones) is 1. The van der Waals surface area contributed by atoms with Crippen LogP contribution in [0.5, 0.6) is 0 Å². The van der Waals surface area contributed by atoms with Crippen molar-refractivity contribution in [2.45, 2.75) is 72.2 Å². The maximum atomic E-state index is 13.5. The van der Waals surface area contributed by atoms with Crippen molar-refractivity contribution in [2.24, 2.45) is 39.9 Å². The number of ketones is 1. The number of rotatable bonds is 5. The van der Waals surface area contributed by atoms with Crippen molar-refractivity contribution in [3.05, 3.63) is 40.1 Å². The molecule has 0 bridgehead atoms. The van der Waals surface area contributed by atoms with Crippen molar-refractivity contribution in [1.29, 1.82) is 0 Å². The number of carbonyl (C=O) groups excluding carboxylic acids is 3. The molecule has 3 fully saturated rings. The van der Waals surface area contributed by atoms with Crippen LogP contribution in [0.15, 0.2) is 29.5 Å². The molecule has 0 aromatic heterocycles. The standard InChI is InChI=1S/C31H40ClNO8/c1-15-19(34)13-21-29(2)11-9-22(35)31(4,14-40-26(37)17-12-16(32)6-7-18(17)33-5)20(29)8-10-30(21,3)24(15)23-25(36)28(39)41-27(23)38/h6-7,12,15,20-22,24,27,33,35-36,38H,8-11,13-14H2,1-5H3/t15-,20?,21?,22+,24-,27?,29-,30+,31+/m1/s1. The van der Waals surface area contributed by atoms with Gasteiger partial charge in [0.05, 0.1) is 23.8 Å². The number of nitrogens with one attached hydrogen (secondary N) is 1. The van der Waals surface area contributed by atoms with Gasteiger partial charge < -0.3 is 30.1 Å². The van der Waals surface area contributed by atoms with E-state index in [9.17, 15) is 29.7 Å². The molecule has 224 valence electrons. The summed E-state index contributed by atoms with van der Waals surface area (Å²) in [5, 5.41) is 36.0. The fraction of sp³-hybridized carbons (Fsp3) is 0.645. The van der Waals surface area contributed by atoms with E-state index in [4.69, 9.17) is 21.1 Å². The SMILES string of the molecule is CNc1ccc(Cl)cc1C(=O)OC[C@@]1(C)C2CC[C@@]3(C)C(CC(=O)[C@@H](C)[C@@H]3C3=C(O)C(=O)OC3O)[C@]2(C)CC[C@@H]1O. The van der Waals surface area contributed by atoms with Crippen LogP contribution >= 0.6 is 11.6 Å². The summed E-state index contributed by atoms with van der Waals surface area (Å²) in [5.41, 5.74) is -0.738. The van der Waals surface area contributed by atoms with Gasteiger partial charge >= 0.3 is 11.9 Å². The van der Waals surface area contributed by atoms with E-state index < -0.39 is 58.2 Å². The average molecular weight is 590 g/mol. The van der Waals surface area contributed by atoms with Crippen molar-refractivity contribution in [3.63, 3.8) is 0 Å². The molecule has 4 aliphatic rings. The Balaban J connectivity index is 1.48. The van der Waals surface area contributed by atoms with Crippen LogP contribution in [0.1, 0.15) is 70.2 Å². The third-order valence-corrected chi connectivity index (χ3v) is 11.5. The highest BCUT2D eigenvalue weighted by Crippen LogP contribution is 2.70. The number of halogens is 1. The molecule has 5 rings (SSSR count). The number of carbonyl (C=O) groups is 3. The third-order valence-electron chi connectivity index (χ3n) is 11.3. The molecule has 3 aliphatic carbocycles. The monoisotopic (exact) mass is 589 g/mol. The molecular weight excluding hydrogens is 550 g/mol. The molecule has 3 unspecified atom stereocenters. The lowest BCUT2D eigenvalue weighted by Crippen LogP contribution is -2.64. The minimum absolute atomic E-state index is 0.00556. The largest absolute Gasteiger partial charge is 0.502 e. The summed E-state index contributed by atoms with van der Waals surface area (Å²) in [6, 6.07) is 4.94. The number of fused-ring (bicyclic) bond motifs is 3. The van der Waals surface area contributed by atoms with Gasteiger partial charge in [0.25, 0.3) is 0 Å². The maximum absolute atomic E-state index is 13.5. The predicted molar refractivity (Wildman–Crippen MR) is 151 cm³/mol. The Labute approximate surface area is 245 Å². The highest BCUT2D eigenvalue weighted by Gasteiger charge is 2.67. The molecule has 9 atom stereocenters. The summed E-state index contributed by atoms with van der Waals surface area (Å²) in [5.74, 6) is -3.44. The molecule has 1 aromatic carbocycles. The fourth-order valence-corrected chi connectivity index (χ4v) is 9.33. The van der Waals surface area contributed by atoms with Gasteiger partial charge in [-0.25, -0.2) is 9.59 Å². The molecule has 0 amide bonds. The molecule has 9 nitrogen and oxygen atoms in total. The fourth-order valence-electron chi connectivity index (χ4n) is 9.16. The number of anilines is 1. The molecule has 10 heteroatoms. The van der Waals surface area contributed by atoms with Crippen molar-refractivity contribution >= 4 is 35.0 Å². The number of benzene rings is 1. The predicted octanol–water partition coefficient (Wildman–Crippen LogP) is 4.65. The molecule has 41 heavy (non-hydrogen) atoms. The Morgan fingerprint density at radius 2 is 1.80 bits per heavy atom. The van der Waals surface area contributed by atoms with Crippen LogP contribution in [0.25, 0.3) is 0 Å². The first-order valence-corrected chi connectivity index (χ1v) is 14.7. The molecule has 1 aliphatic heterocycles. The lowest BCUT2D eigenvalue weighted by molar-refractivity contribution is -0.210. The summed E-state index contributed by atoms with van der Waals surface area (Å²) in [6.45, 7) is 7.99. The Bertz CT molecular complexity index is 1310. The summed E-state index contributed by atoms with van der Waals surface area (Å²) in [6.07, 6.45) is 0.452. The van der Waals surface area contributed by atoms with E-state index in [-0.39, 0.29) is 29.8 Å². The molecule has 3 saturated carbocycles. The molecule has 4 N–H and O–H groups in total. The Morgan fingerprint density at radius 1 is 1.12 bits per heavy atom. The van der Waals surface area contributed by atoms with Crippen LogP contribution in [0.4, 0.5) is 5.69 Å². The molecule has 1 aromatic rings. The lowest BCUT2D eigenvalue weighted by atomic mass is 9.37. The van der Waals surface area contributed by atoms with Gasteiger partial charge in [-0.15, -0.1) is 0 Å². The highest BCUT2D eigenvalue weighted by molar-refractivity contribution is 6.31. The minimum atomic E-state index is -1.59. The second-order valence-corrected chi connectivity index (χ2v) is 13.7. The van der Waals surface area contributed by atoms with Crippen LogP contribution in [-0.2, 0) is 19.1 Å². The average Bonchev–Trinajstić information content (AvgIpc) is 3.17. The van der Waals surface area contributed by atoms with Crippen LogP contribution in [-0.4, -0.2) is 59.1 Å². The lowest BCUT2D eigenvalue weighted by Gasteiger charge is -2.67. The van der Waals surface area contributed by atoms with Gasteiger partial charge in [0.1, 0.15) is 5.78 Å². The minimum Gasteiger partial charge on any atom is -0.502 e. The Morgan fingerprint density at radius 3 is 2.44 bits per heavy atom. The molecule has 0 radical (unpaired) electrons. The van der Waals surface area contributed by atoms with E-state index in [2.05, 4.69) is 19.2 Å². The van der Waals surface area contributed by atoms with Gasteiger partial charge in [0, 0.05) is 41.4 Å². The Kier molecular flexibility index (Phi) is 7.48. The number of aliphatic hydroxyl groups is 3. The van der Waals surface area contributed by atoms with Gasteiger partial charge in [0.15, 0.2) is 0 Å². The first kappa shape index (κ1) is 29.9. The van der Waals surface area contributed by atoms with E-state index >= 15 is 0 Å². The smallest absolute Gasteiger partial charge is 0.376 e. The van der Waals surface area contributed by atoms with E-state index in [1.165, 1.54) is 0 Å². The van der Waals surface area contributed by atoms with Gasteiger partial charge in [-0.2, -0.15) is 0 Å². The van der Waals surface area contributed by atoms with E-state index in [0.29, 0.717) is 48.4 Å². The maximum Gasteiger partial charge on any atom is 0.376 e. The second-order valence-electron chi connectivity index (χ2n) is 13.2. The van der Waals surface area contributed by atoms with Crippen molar-refractivity contribution in [3.8, 4) is 0 Å². The second kappa shape index (κ2) is 10.3. The van der Waals surface area contributed by atoms with Gasteiger partial charge in [-0.1, -0.05) is 39.3 Å². The quantitative estimate of drug-likeness (QED) is 0.361. The highest BCUT2D eigenvalue weighted by atomic mass is 35.5. The van der Waals surface area contributed by atoms with Crippen LogP contribution in [0.3, 0.4) is 0 Å². The Hall–Kier alpha value is -2.62. The van der Waals surface area contributed by atoms with Crippen molar-refractivity contribution in [2.75, 3.05) is 19.0 Å². The van der Waals surface area contributed by atoms with Crippen molar-refractivity contribution in [1.82, 2.24) is 0 Å². The normalized spacial score (nSPS) is 40.5. The summed E-state index contributed by atoms with van der Waals surface area (Å²) in [4.78, 5) is 38.8. The van der Waals surface area contributed by atoms with E-state index in [1.807, 2.05) is 6.92 Å².